The van der Waals surface area contributed by atoms with Gasteiger partial charge >= 0.3 is 0 Å². The number of allylic oxidation sites excluding steroid dienone is 1. The molecule has 2 aromatic heterocycles. The third kappa shape index (κ3) is 3.16. The van der Waals surface area contributed by atoms with Gasteiger partial charge in [-0.1, -0.05) is 18.6 Å². The molecule has 0 radical (unpaired) electrons. The van der Waals surface area contributed by atoms with E-state index in [0.717, 1.165) is 35.9 Å². The van der Waals surface area contributed by atoms with Gasteiger partial charge in [0.2, 0.25) is 0 Å². The van der Waals surface area contributed by atoms with Crippen molar-refractivity contribution >= 4 is 23.4 Å². The predicted molar refractivity (Wildman–Crippen MR) is 101 cm³/mol. The molecule has 1 saturated heterocycles. The van der Waals surface area contributed by atoms with Crippen LogP contribution in [0.4, 0.5) is 5.82 Å². The molecule has 6 heteroatoms. The Kier molecular flexibility index (Phi) is 4.87. The molecule has 2 aromatic rings. The van der Waals surface area contributed by atoms with Crippen molar-refractivity contribution in [1.82, 2.24) is 14.5 Å². The summed E-state index contributed by atoms with van der Waals surface area (Å²) in [5, 5.41) is 10.8. The van der Waals surface area contributed by atoms with Gasteiger partial charge in [0.15, 0.2) is 11.3 Å². The van der Waals surface area contributed by atoms with E-state index < -0.39 is 0 Å². The summed E-state index contributed by atoms with van der Waals surface area (Å²) in [6.07, 6.45) is 4.95. The lowest BCUT2D eigenvalue weighted by atomic mass is 10.1. The highest BCUT2D eigenvalue weighted by Gasteiger charge is 2.30. The maximum Gasteiger partial charge on any atom is 0.173 e. The van der Waals surface area contributed by atoms with Gasteiger partial charge < -0.3 is 9.80 Å². The fourth-order valence-electron chi connectivity index (χ4n) is 2.71. The van der Waals surface area contributed by atoms with Crippen molar-refractivity contribution in [2.45, 2.75) is 26.3 Å². The molecule has 1 N–H and O–H groups in total. The molecule has 128 valence electrons. The number of nitrogens with one attached hydrogen (secondary N) is 1. The van der Waals surface area contributed by atoms with Crippen molar-refractivity contribution in [3.8, 4) is 10.6 Å². The van der Waals surface area contributed by atoms with E-state index in [4.69, 9.17) is 5.41 Å². The zero-order valence-corrected chi connectivity index (χ0v) is 15.6. The summed E-state index contributed by atoms with van der Waals surface area (Å²) >= 11 is 1.68. The van der Waals surface area contributed by atoms with Crippen LogP contribution in [0.3, 0.4) is 0 Å². The molecule has 24 heavy (non-hydrogen) atoms. The van der Waals surface area contributed by atoms with Gasteiger partial charge in [-0.25, -0.2) is 4.98 Å². The summed E-state index contributed by atoms with van der Waals surface area (Å²) in [7, 11) is 4.20. The van der Waals surface area contributed by atoms with Gasteiger partial charge in [0.25, 0.3) is 0 Å². The Balaban J connectivity index is 2.02. The summed E-state index contributed by atoms with van der Waals surface area (Å²) in [6.45, 7) is 6.11. The first-order chi connectivity index (χ1) is 11.5. The van der Waals surface area contributed by atoms with Crippen LogP contribution in [0.1, 0.15) is 20.3 Å². The van der Waals surface area contributed by atoms with E-state index in [1.165, 1.54) is 5.57 Å². The third-order valence-electron chi connectivity index (χ3n) is 4.59. The molecule has 0 bridgehead atoms. The zero-order valence-electron chi connectivity index (χ0n) is 14.8. The maximum absolute atomic E-state index is 8.70. The van der Waals surface area contributed by atoms with Crippen LogP contribution in [0.2, 0.25) is 0 Å². The van der Waals surface area contributed by atoms with Crippen LogP contribution in [-0.2, 0) is 0 Å². The van der Waals surface area contributed by atoms with E-state index in [-0.39, 0.29) is 0 Å². The molecular weight excluding hydrogens is 318 g/mol. The lowest BCUT2D eigenvalue weighted by Gasteiger charge is -2.43. The molecular formula is C18H25N5S. The Labute approximate surface area is 147 Å². The summed E-state index contributed by atoms with van der Waals surface area (Å²) < 4.78 is 1.98. The largest absolute Gasteiger partial charge is 0.350 e. The first-order valence-electron chi connectivity index (χ1n) is 8.30. The molecule has 0 unspecified atom stereocenters. The molecule has 0 saturated carbocycles. The zero-order chi connectivity index (χ0) is 17.3. The second-order valence-electron chi connectivity index (χ2n) is 6.51. The van der Waals surface area contributed by atoms with Gasteiger partial charge in [-0.3, -0.25) is 9.98 Å². The van der Waals surface area contributed by atoms with E-state index in [0.29, 0.717) is 11.5 Å². The quantitative estimate of drug-likeness (QED) is 0.907. The Bertz CT molecular complexity index is 782. The van der Waals surface area contributed by atoms with Crippen LogP contribution in [0.25, 0.3) is 16.8 Å². The maximum atomic E-state index is 8.70. The van der Waals surface area contributed by atoms with Crippen LogP contribution >= 0.6 is 11.3 Å². The average Bonchev–Trinajstić information content (AvgIpc) is 3.03. The average molecular weight is 344 g/mol. The smallest absolute Gasteiger partial charge is 0.173 e. The van der Waals surface area contributed by atoms with Crippen molar-refractivity contribution < 1.29 is 0 Å². The second-order valence-corrected chi connectivity index (χ2v) is 7.46. The Morgan fingerprint density at radius 3 is 2.79 bits per heavy atom. The van der Waals surface area contributed by atoms with Gasteiger partial charge in [0.05, 0.1) is 16.8 Å². The molecule has 3 heterocycles. The number of nitrogens with zero attached hydrogens (tertiary/aromatic N) is 4. The van der Waals surface area contributed by atoms with Crippen molar-refractivity contribution in [2.75, 3.05) is 32.1 Å². The number of rotatable bonds is 5. The standard InChI is InChI=1S/C18H25N5S/c1-5-13(2)10-23-15(16-7-6-8-24-16)9-20-18(17(23)19)22-11-14(12-22)21(3)4/h6-10,14,19H,5,11-12H2,1-4H3. The van der Waals surface area contributed by atoms with Crippen LogP contribution in [0.15, 0.2) is 29.3 Å². The van der Waals surface area contributed by atoms with E-state index in [1.807, 2.05) is 16.8 Å². The Hall–Kier alpha value is -1.92. The summed E-state index contributed by atoms with van der Waals surface area (Å²) in [5.74, 6) is 0.772. The monoisotopic (exact) mass is 343 g/mol. The van der Waals surface area contributed by atoms with Gasteiger partial charge in [0, 0.05) is 25.3 Å². The van der Waals surface area contributed by atoms with Crippen LogP contribution in [0, 0.1) is 5.41 Å². The highest BCUT2D eigenvalue weighted by molar-refractivity contribution is 7.13. The lowest BCUT2D eigenvalue weighted by molar-refractivity contribution is 0.245. The fraction of sp³-hybridized carbons (Fsp3) is 0.444. The van der Waals surface area contributed by atoms with Crippen LogP contribution in [-0.4, -0.2) is 47.7 Å². The predicted octanol–water partition coefficient (Wildman–Crippen LogP) is 3.11. The summed E-state index contributed by atoms with van der Waals surface area (Å²) in [5.41, 5.74) is 2.69. The second kappa shape index (κ2) is 6.91. The van der Waals surface area contributed by atoms with E-state index >= 15 is 0 Å². The fourth-order valence-corrected chi connectivity index (χ4v) is 3.45. The number of hydrogen-bond acceptors (Lipinski definition) is 5. The number of aromatic nitrogens is 2. The number of hydrogen-bond donors (Lipinski definition) is 1. The van der Waals surface area contributed by atoms with Crippen molar-refractivity contribution in [3.63, 3.8) is 0 Å². The van der Waals surface area contributed by atoms with Crippen molar-refractivity contribution in [2.24, 2.45) is 0 Å². The van der Waals surface area contributed by atoms with Gasteiger partial charge in [-0.2, -0.15) is 0 Å². The Morgan fingerprint density at radius 1 is 1.46 bits per heavy atom. The SMILES string of the molecule is CCC(C)=Cn1c(-c2cccs2)cnc(N2CC(N(C)C)C2)c1=N. The summed E-state index contributed by atoms with van der Waals surface area (Å²) in [6, 6.07) is 4.66. The Morgan fingerprint density at radius 2 is 2.21 bits per heavy atom. The number of anilines is 1. The highest BCUT2D eigenvalue weighted by Crippen LogP contribution is 2.26. The van der Waals surface area contributed by atoms with Gasteiger partial charge in [0.1, 0.15) is 0 Å². The highest BCUT2D eigenvalue weighted by atomic mass is 32.1. The van der Waals surface area contributed by atoms with E-state index in [9.17, 15) is 0 Å². The normalized spacial score (nSPS) is 15.9. The first-order valence-corrected chi connectivity index (χ1v) is 9.18. The minimum absolute atomic E-state index is 0.464. The molecule has 0 spiro atoms. The van der Waals surface area contributed by atoms with Gasteiger partial charge in [-0.05, 0) is 38.9 Å². The van der Waals surface area contributed by atoms with Crippen LogP contribution in [0.5, 0.6) is 0 Å². The third-order valence-corrected chi connectivity index (χ3v) is 5.49. The minimum Gasteiger partial charge on any atom is -0.350 e. The first kappa shape index (κ1) is 16.9. The van der Waals surface area contributed by atoms with E-state index in [1.54, 1.807) is 11.3 Å². The molecule has 0 aliphatic carbocycles. The lowest BCUT2D eigenvalue weighted by Crippen LogP contribution is -2.59. The van der Waals surface area contributed by atoms with Crippen LogP contribution < -0.4 is 10.4 Å². The molecule has 1 aliphatic heterocycles. The molecule has 0 amide bonds. The number of likely N-dealkylation sites (N-methyl/N-ethyl adjacent to an activating group) is 1. The number of thiophene rings is 1. The molecule has 1 fully saturated rings. The molecule has 0 aromatic carbocycles. The van der Waals surface area contributed by atoms with Crippen molar-refractivity contribution in [3.05, 3.63) is 34.8 Å². The molecule has 1 aliphatic rings. The topological polar surface area (TPSA) is 48.2 Å². The molecule has 3 rings (SSSR count). The van der Waals surface area contributed by atoms with E-state index in [2.05, 4.69) is 60.4 Å². The molecule has 5 nitrogen and oxygen atoms in total. The summed E-state index contributed by atoms with van der Waals surface area (Å²) in [4.78, 5) is 10.2. The molecule has 0 atom stereocenters. The van der Waals surface area contributed by atoms with Gasteiger partial charge in [-0.15, -0.1) is 11.3 Å². The van der Waals surface area contributed by atoms with Crippen molar-refractivity contribution in [1.29, 1.82) is 5.41 Å². The minimum atomic E-state index is 0.464.